The second-order valence-electron chi connectivity index (χ2n) is 3.95. The first-order valence-electron chi connectivity index (χ1n) is 5.83. The van der Waals surface area contributed by atoms with E-state index in [0.29, 0.717) is 12.6 Å². The van der Waals surface area contributed by atoms with E-state index in [1.165, 1.54) is 0 Å². The third kappa shape index (κ3) is 7.07. The van der Waals surface area contributed by atoms with Gasteiger partial charge in [0.15, 0.2) is 0 Å². The first-order chi connectivity index (χ1) is 8.92. The van der Waals surface area contributed by atoms with Crippen molar-refractivity contribution >= 4 is 23.9 Å². The van der Waals surface area contributed by atoms with E-state index >= 15 is 0 Å². The lowest BCUT2D eigenvalue weighted by atomic mass is 10.1. The minimum Gasteiger partial charge on any atom is -0.480 e. The third-order valence-electron chi connectivity index (χ3n) is 2.36. The van der Waals surface area contributed by atoms with Gasteiger partial charge in [0.1, 0.15) is 12.1 Å². The third-order valence-corrected chi connectivity index (χ3v) is 2.36. The van der Waals surface area contributed by atoms with Crippen LogP contribution in [0.15, 0.2) is 0 Å². The molecule has 19 heavy (non-hydrogen) atoms. The van der Waals surface area contributed by atoms with Crippen LogP contribution >= 0.6 is 0 Å². The van der Waals surface area contributed by atoms with Crippen LogP contribution in [-0.4, -0.2) is 51.0 Å². The zero-order valence-corrected chi connectivity index (χ0v) is 10.6. The zero-order chi connectivity index (χ0) is 14.8. The average Bonchev–Trinajstić information content (AvgIpc) is 2.34. The molecule has 0 rings (SSSR count). The summed E-state index contributed by atoms with van der Waals surface area (Å²) in [7, 11) is 0. The second-order valence-corrected chi connectivity index (χ2v) is 3.95. The van der Waals surface area contributed by atoms with Crippen molar-refractivity contribution in [2.24, 2.45) is 0 Å². The molecule has 1 amide bonds. The Morgan fingerprint density at radius 3 is 2.47 bits per heavy atom. The van der Waals surface area contributed by atoms with E-state index in [-0.39, 0.29) is 19.3 Å². The minimum absolute atomic E-state index is 0.148. The normalized spacial score (nSPS) is 12.9. The fourth-order valence-corrected chi connectivity index (χ4v) is 1.35. The molecule has 0 spiro atoms. The van der Waals surface area contributed by atoms with Crippen LogP contribution in [0, 0.1) is 0 Å². The molecule has 0 aromatic heterocycles. The number of carbonyl (C=O) groups is 3. The molecule has 0 fully saturated rings. The predicted molar refractivity (Wildman–Crippen MR) is 64.4 cm³/mol. The van der Waals surface area contributed by atoms with E-state index in [2.05, 4.69) is 10.1 Å². The van der Waals surface area contributed by atoms with Crippen LogP contribution in [0.3, 0.4) is 0 Å². The van der Waals surface area contributed by atoms with Crippen molar-refractivity contribution in [1.29, 1.82) is 0 Å². The van der Waals surface area contributed by atoms with Crippen molar-refractivity contribution in [3.8, 4) is 0 Å². The van der Waals surface area contributed by atoms with Crippen LogP contribution in [0.5, 0.6) is 0 Å². The number of aliphatic hydroxyl groups excluding tert-OH is 1. The Morgan fingerprint density at radius 1 is 1.37 bits per heavy atom. The quantitative estimate of drug-likeness (QED) is 0.291. The van der Waals surface area contributed by atoms with Gasteiger partial charge in [-0.1, -0.05) is 13.3 Å². The standard InChI is InChI=1S/C11H17N3O5/c1-2-3-9(16)10(17)14-8(11(18)19)5-4-7(15)6-13-12/h6,8-9,16H,2-5H2,1H3,(H,14,17)(H,18,19)/t8-,9-/m0/s1. The smallest absolute Gasteiger partial charge is 0.326 e. The number of Topliss-reactive ketones (excluding diaryl/α,β-unsaturated/α-hetero) is 1. The molecule has 3 N–H and O–H groups in total. The largest absolute Gasteiger partial charge is 0.480 e. The SMILES string of the molecule is CCC[C@H](O)C(=O)N[C@@H](CCC(=O)C=[N+]=[N-])C(=O)O. The summed E-state index contributed by atoms with van der Waals surface area (Å²) in [6.45, 7) is 1.78. The van der Waals surface area contributed by atoms with Crippen molar-refractivity contribution < 1.29 is 29.4 Å². The van der Waals surface area contributed by atoms with Gasteiger partial charge >= 0.3 is 12.2 Å². The molecule has 0 aromatic rings. The van der Waals surface area contributed by atoms with Gasteiger partial charge in [-0.2, -0.15) is 4.79 Å². The number of hydrogen-bond acceptors (Lipinski definition) is 4. The van der Waals surface area contributed by atoms with E-state index in [1.807, 2.05) is 0 Å². The molecule has 0 bridgehead atoms. The van der Waals surface area contributed by atoms with Crippen LogP contribution in [0.25, 0.3) is 5.53 Å². The molecule has 0 radical (unpaired) electrons. The fourth-order valence-electron chi connectivity index (χ4n) is 1.35. The number of carboxylic acid groups (broad SMARTS) is 1. The van der Waals surface area contributed by atoms with Gasteiger partial charge in [-0.05, 0) is 12.8 Å². The second kappa shape index (κ2) is 8.96. The number of aliphatic carboxylic acids is 1. The molecule has 8 nitrogen and oxygen atoms in total. The maximum Gasteiger partial charge on any atom is 0.326 e. The fraction of sp³-hybridized carbons (Fsp3) is 0.636. The van der Waals surface area contributed by atoms with Gasteiger partial charge in [0, 0.05) is 6.42 Å². The number of hydrogen-bond donors (Lipinski definition) is 3. The van der Waals surface area contributed by atoms with E-state index in [9.17, 15) is 19.5 Å². The lowest BCUT2D eigenvalue weighted by Crippen LogP contribution is -2.45. The summed E-state index contributed by atoms with van der Waals surface area (Å²) in [5, 5.41) is 20.4. The van der Waals surface area contributed by atoms with Crippen molar-refractivity contribution in [3.63, 3.8) is 0 Å². The highest BCUT2D eigenvalue weighted by molar-refractivity contribution is 6.25. The summed E-state index contributed by atoms with van der Waals surface area (Å²) < 4.78 is 0. The Kier molecular flexibility index (Phi) is 7.99. The maximum atomic E-state index is 11.4. The van der Waals surface area contributed by atoms with Crippen LogP contribution in [0.1, 0.15) is 32.6 Å². The molecule has 0 saturated carbocycles. The molecule has 0 aliphatic carbocycles. The lowest BCUT2D eigenvalue weighted by molar-refractivity contribution is -0.143. The molecule has 8 heteroatoms. The Hall–Kier alpha value is -2.05. The number of ketones is 1. The summed E-state index contributed by atoms with van der Waals surface area (Å²) in [4.78, 5) is 35.9. The van der Waals surface area contributed by atoms with Crippen LogP contribution in [0.2, 0.25) is 0 Å². The Bertz CT molecular complexity index is 390. The van der Waals surface area contributed by atoms with Crippen LogP contribution < -0.4 is 5.32 Å². The monoisotopic (exact) mass is 271 g/mol. The number of amides is 1. The van der Waals surface area contributed by atoms with Crippen molar-refractivity contribution in [2.75, 3.05) is 0 Å². The van der Waals surface area contributed by atoms with Crippen molar-refractivity contribution in [3.05, 3.63) is 5.53 Å². The molecular weight excluding hydrogens is 254 g/mol. The molecule has 0 aromatic carbocycles. The summed E-state index contributed by atoms with van der Waals surface area (Å²) in [6, 6.07) is -1.27. The van der Waals surface area contributed by atoms with Gasteiger partial charge in [-0.3, -0.25) is 9.59 Å². The van der Waals surface area contributed by atoms with Gasteiger partial charge in [-0.25, -0.2) is 4.79 Å². The number of aliphatic hydroxyl groups is 1. The summed E-state index contributed by atoms with van der Waals surface area (Å²) in [6.07, 6.45) is -0.129. The molecule has 0 unspecified atom stereocenters. The average molecular weight is 271 g/mol. The Balaban J connectivity index is 4.42. The van der Waals surface area contributed by atoms with Gasteiger partial charge in [0.2, 0.25) is 11.7 Å². The summed E-state index contributed by atoms with van der Waals surface area (Å²) >= 11 is 0. The highest BCUT2D eigenvalue weighted by Crippen LogP contribution is 2.01. The topological polar surface area (TPSA) is 140 Å². The number of nitrogens with one attached hydrogen (secondary N) is 1. The van der Waals surface area contributed by atoms with Gasteiger partial charge < -0.3 is 21.1 Å². The number of nitrogens with zero attached hydrogens (tertiary/aromatic N) is 2. The van der Waals surface area contributed by atoms with Gasteiger partial charge in [0.05, 0.1) is 0 Å². The molecule has 2 atom stereocenters. The van der Waals surface area contributed by atoms with Crippen molar-refractivity contribution in [2.45, 2.75) is 44.8 Å². The molecule has 0 saturated heterocycles. The van der Waals surface area contributed by atoms with Crippen LogP contribution in [-0.2, 0) is 14.4 Å². The summed E-state index contributed by atoms with van der Waals surface area (Å²) in [5.74, 6) is -2.64. The number of carbonyl (C=O) groups excluding carboxylic acids is 2. The van der Waals surface area contributed by atoms with E-state index in [0.717, 1.165) is 0 Å². The Morgan fingerprint density at radius 2 is 2.00 bits per heavy atom. The van der Waals surface area contributed by atoms with Gasteiger partial charge in [0.25, 0.3) is 0 Å². The highest BCUT2D eigenvalue weighted by atomic mass is 16.4. The first-order valence-corrected chi connectivity index (χ1v) is 5.83. The molecule has 0 aliphatic heterocycles. The molecular formula is C11H17N3O5. The zero-order valence-electron chi connectivity index (χ0n) is 10.6. The van der Waals surface area contributed by atoms with Gasteiger partial charge in [-0.15, -0.1) is 0 Å². The number of rotatable bonds is 9. The highest BCUT2D eigenvalue weighted by Gasteiger charge is 2.24. The van der Waals surface area contributed by atoms with Crippen LogP contribution in [0.4, 0.5) is 0 Å². The molecule has 0 heterocycles. The predicted octanol–water partition coefficient (Wildman–Crippen LogP) is -0.633. The van der Waals surface area contributed by atoms with E-state index in [4.69, 9.17) is 10.6 Å². The molecule has 0 aliphatic rings. The first kappa shape index (κ1) is 16.9. The van der Waals surface area contributed by atoms with E-state index < -0.39 is 29.8 Å². The Labute approximate surface area is 110 Å². The van der Waals surface area contributed by atoms with E-state index in [1.54, 1.807) is 6.92 Å². The van der Waals surface area contributed by atoms with Crippen molar-refractivity contribution in [1.82, 2.24) is 5.32 Å². The molecule has 106 valence electrons. The number of carboxylic acids is 1. The lowest BCUT2D eigenvalue weighted by Gasteiger charge is -2.16. The minimum atomic E-state index is -1.30. The maximum absolute atomic E-state index is 11.4. The summed E-state index contributed by atoms with van der Waals surface area (Å²) in [5.41, 5.74) is 8.12.